The number of methoxy groups -OCH3 is 1. The van der Waals surface area contributed by atoms with Gasteiger partial charge in [0.05, 0.1) is 12.7 Å². The number of aliphatic hydroxyl groups is 1. The topological polar surface area (TPSA) is 49.8 Å². The van der Waals surface area contributed by atoms with Crippen LogP contribution in [0.15, 0.2) is 54.6 Å². The molecule has 4 nitrogen and oxygen atoms in total. The molecule has 1 atom stereocenters. The summed E-state index contributed by atoms with van der Waals surface area (Å²) >= 11 is 0. The number of benzene rings is 2. The fourth-order valence-corrected chi connectivity index (χ4v) is 3.48. The molecule has 0 aliphatic carbocycles. The predicted octanol–water partition coefficient (Wildman–Crippen LogP) is 3.42. The molecule has 1 amide bonds. The second kappa shape index (κ2) is 8.28. The van der Waals surface area contributed by atoms with Crippen molar-refractivity contribution in [3.8, 4) is 0 Å². The molecular weight excluding hydrogens is 314 g/mol. The van der Waals surface area contributed by atoms with Crippen molar-refractivity contribution >= 4 is 5.91 Å². The molecule has 4 heteroatoms. The van der Waals surface area contributed by atoms with Crippen LogP contribution in [0, 0.1) is 5.92 Å². The molecule has 1 unspecified atom stereocenters. The minimum absolute atomic E-state index is 0.0607. The number of amides is 1. The highest BCUT2D eigenvalue weighted by atomic mass is 16.5. The number of carbonyl (C=O) groups excluding carboxylic acids is 1. The molecule has 2 aromatic rings. The average Bonchev–Trinajstić information content (AvgIpc) is 2.68. The monoisotopic (exact) mass is 339 g/mol. The van der Waals surface area contributed by atoms with Gasteiger partial charge in [-0.2, -0.15) is 0 Å². The predicted molar refractivity (Wildman–Crippen MR) is 97.2 cm³/mol. The molecule has 1 fully saturated rings. The summed E-state index contributed by atoms with van der Waals surface area (Å²) in [6.07, 6.45) is 1.18. The van der Waals surface area contributed by atoms with Crippen LogP contribution in [0.5, 0.6) is 0 Å². The summed E-state index contributed by atoms with van der Waals surface area (Å²) in [6, 6.07) is 17.4. The van der Waals surface area contributed by atoms with Gasteiger partial charge in [0.25, 0.3) is 5.91 Å². The molecule has 2 aromatic carbocycles. The van der Waals surface area contributed by atoms with E-state index in [4.69, 9.17) is 4.74 Å². The van der Waals surface area contributed by atoms with Crippen molar-refractivity contribution in [2.24, 2.45) is 5.92 Å². The maximum Gasteiger partial charge on any atom is 0.253 e. The van der Waals surface area contributed by atoms with E-state index in [1.807, 2.05) is 59.5 Å². The molecule has 1 saturated heterocycles. The minimum Gasteiger partial charge on any atom is -0.388 e. The van der Waals surface area contributed by atoms with Gasteiger partial charge >= 0.3 is 0 Å². The van der Waals surface area contributed by atoms with Crippen LogP contribution in [0.2, 0.25) is 0 Å². The van der Waals surface area contributed by atoms with Crippen LogP contribution in [0.25, 0.3) is 0 Å². The minimum atomic E-state index is -0.455. The fourth-order valence-electron chi connectivity index (χ4n) is 3.48. The summed E-state index contributed by atoms with van der Waals surface area (Å²) in [7, 11) is 1.65. The van der Waals surface area contributed by atoms with Crippen LogP contribution < -0.4 is 0 Å². The van der Waals surface area contributed by atoms with Crippen molar-refractivity contribution in [3.63, 3.8) is 0 Å². The van der Waals surface area contributed by atoms with Crippen molar-refractivity contribution in [1.29, 1.82) is 0 Å². The van der Waals surface area contributed by atoms with Crippen molar-refractivity contribution in [2.45, 2.75) is 25.6 Å². The van der Waals surface area contributed by atoms with Gasteiger partial charge in [-0.1, -0.05) is 42.5 Å². The molecule has 0 spiro atoms. The van der Waals surface area contributed by atoms with Crippen molar-refractivity contribution in [2.75, 3.05) is 20.2 Å². The van der Waals surface area contributed by atoms with Crippen molar-refractivity contribution < 1.29 is 14.6 Å². The third-order valence-corrected chi connectivity index (χ3v) is 4.90. The van der Waals surface area contributed by atoms with Gasteiger partial charge in [-0.25, -0.2) is 0 Å². The Morgan fingerprint density at radius 2 is 1.88 bits per heavy atom. The quantitative estimate of drug-likeness (QED) is 0.908. The summed E-state index contributed by atoms with van der Waals surface area (Å²) < 4.78 is 5.14. The molecule has 1 aliphatic heterocycles. The Morgan fingerprint density at radius 3 is 2.56 bits per heavy atom. The maximum atomic E-state index is 12.7. The summed E-state index contributed by atoms with van der Waals surface area (Å²) in [4.78, 5) is 14.6. The summed E-state index contributed by atoms with van der Waals surface area (Å²) in [5.74, 6) is 0.261. The van der Waals surface area contributed by atoms with E-state index >= 15 is 0 Å². The molecule has 0 radical (unpaired) electrons. The normalized spacial score (nSPS) is 16.6. The number of nitrogens with zero attached hydrogens (tertiary/aromatic N) is 1. The Kier molecular flexibility index (Phi) is 5.84. The molecule has 0 saturated carbocycles. The van der Waals surface area contributed by atoms with Crippen LogP contribution in [0.1, 0.15) is 40.4 Å². The van der Waals surface area contributed by atoms with E-state index < -0.39 is 6.10 Å². The van der Waals surface area contributed by atoms with Gasteiger partial charge in [0.2, 0.25) is 0 Å². The van der Waals surface area contributed by atoms with E-state index in [1.54, 1.807) is 7.11 Å². The lowest BCUT2D eigenvalue weighted by Crippen LogP contribution is -2.39. The van der Waals surface area contributed by atoms with E-state index in [-0.39, 0.29) is 11.8 Å². The first kappa shape index (κ1) is 17.6. The lowest BCUT2D eigenvalue weighted by Gasteiger charge is -2.34. The average molecular weight is 339 g/mol. The van der Waals surface area contributed by atoms with Crippen LogP contribution in [-0.2, 0) is 11.3 Å². The van der Waals surface area contributed by atoms with Crippen LogP contribution in [-0.4, -0.2) is 36.1 Å². The number of likely N-dealkylation sites (tertiary alicyclic amines) is 1. The second-order valence-electron chi connectivity index (χ2n) is 6.62. The Balaban J connectivity index is 1.60. The zero-order valence-electron chi connectivity index (χ0n) is 14.6. The highest BCUT2D eigenvalue weighted by Crippen LogP contribution is 2.31. The Bertz CT molecular complexity index is 693. The van der Waals surface area contributed by atoms with Gasteiger partial charge < -0.3 is 14.7 Å². The van der Waals surface area contributed by atoms with Crippen LogP contribution in [0.4, 0.5) is 0 Å². The first-order valence-corrected chi connectivity index (χ1v) is 8.79. The summed E-state index contributed by atoms with van der Waals surface area (Å²) in [5, 5.41) is 10.6. The molecule has 1 aliphatic rings. The molecule has 3 rings (SSSR count). The number of carbonyl (C=O) groups is 1. The van der Waals surface area contributed by atoms with E-state index in [0.29, 0.717) is 25.3 Å². The molecule has 132 valence electrons. The first-order chi connectivity index (χ1) is 12.2. The zero-order chi connectivity index (χ0) is 17.6. The lowest BCUT2D eigenvalue weighted by atomic mass is 9.87. The highest BCUT2D eigenvalue weighted by Gasteiger charge is 2.28. The van der Waals surface area contributed by atoms with Crippen molar-refractivity contribution in [1.82, 2.24) is 4.90 Å². The molecule has 25 heavy (non-hydrogen) atoms. The van der Waals surface area contributed by atoms with Gasteiger partial charge in [-0.3, -0.25) is 4.79 Å². The third kappa shape index (κ3) is 4.27. The maximum absolute atomic E-state index is 12.7. The lowest BCUT2D eigenvalue weighted by molar-refractivity contribution is 0.0462. The number of ether oxygens (including phenoxy) is 1. The van der Waals surface area contributed by atoms with Gasteiger partial charge in [0, 0.05) is 25.8 Å². The number of rotatable bonds is 5. The van der Waals surface area contributed by atoms with Crippen LogP contribution in [0.3, 0.4) is 0 Å². The third-order valence-electron chi connectivity index (χ3n) is 4.90. The van der Waals surface area contributed by atoms with Crippen molar-refractivity contribution in [3.05, 3.63) is 71.3 Å². The largest absolute Gasteiger partial charge is 0.388 e. The Morgan fingerprint density at radius 1 is 1.16 bits per heavy atom. The second-order valence-corrected chi connectivity index (χ2v) is 6.62. The summed E-state index contributed by atoms with van der Waals surface area (Å²) in [5.41, 5.74) is 2.67. The first-order valence-electron chi connectivity index (χ1n) is 8.79. The fraction of sp³-hybridized carbons (Fsp3) is 0.381. The van der Waals surface area contributed by atoms with Gasteiger partial charge in [0.15, 0.2) is 0 Å². The molecular formula is C21H25NO3. The molecule has 0 bridgehead atoms. The van der Waals surface area contributed by atoms with E-state index in [1.165, 1.54) is 0 Å². The van der Waals surface area contributed by atoms with E-state index in [9.17, 15) is 9.90 Å². The zero-order valence-corrected chi connectivity index (χ0v) is 14.6. The van der Waals surface area contributed by atoms with Gasteiger partial charge in [-0.05, 0) is 42.0 Å². The van der Waals surface area contributed by atoms with E-state index in [2.05, 4.69) is 0 Å². The van der Waals surface area contributed by atoms with Crippen LogP contribution >= 0.6 is 0 Å². The SMILES string of the molecule is COCc1cccc(C(=O)N2CCC(C(O)c3ccccc3)CC2)c1. The van der Waals surface area contributed by atoms with E-state index in [0.717, 1.165) is 24.0 Å². The highest BCUT2D eigenvalue weighted by molar-refractivity contribution is 5.94. The number of hydrogen-bond acceptors (Lipinski definition) is 3. The van der Waals surface area contributed by atoms with Gasteiger partial charge in [-0.15, -0.1) is 0 Å². The standard InChI is InChI=1S/C21H25NO3/c1-25-15-16-6-5-9-19(14-16)21(24)22-12-10-18(11-13-22)20(23)17-7-3-2-4-8-17/h2-9,14,18,20,23H,10-13,15H2,1H3. The molecule has 0 aromatic heterocycles. The van der Waals surface area contributed by atoms with Gasteiger partial charge in [0.1, 0.15) is 0 Å². The number of piperidine rings is 1. The Hall–Kier alpha value is -2.17. The number of aliphatic hydroxyl groups excluding tert-OH is 1. The molecule has 1 heterocycles. The smallest absolute Gasteiger partial charge is 0.253 e. The number of hydrogen-bond donors (Lipinski definition) is 1. The molecule has 1 N–H and O–H groups in total. The Labute approximate surface area is 149 Å². The summed E-state index contributed by atoms with van der Waals surface area (Å²) in [6.45, 7) is 1.87.